The Hall–Kier alpha value is -1.68. The molecule has 0 bridgehead atoms. The molecule has 0 saturated carbocycles. The second-order valence-corrected chi connectivity index (χ2v) is 6.70. The maximum absolute atomic E-state index is 11.8. The van der Waals surface area contributed by atoms with Gasteiger partial charge in [0.1, 0.15) is 0 Å². The number of hydrogen-bond donors (Lipinski definition) is 1. The maximum Gasteiger partial charge on any atom is 0.220 e. The highest BCUT2D eigenvalue weighted by Crippen LogP contribution is 2.33. The summed E-state index contributed by atoms with van der Waals surface area (Å²) >= 11 is 6.24. The Bertz CT molecular complexity index is 692. The topological polar surface area (TPSA) is 39.3 Å². The lowest BCUT2D eigenvalue weighted by molar-refractivity contribution is -0.134. The first kappa shape index (κ1) is 14.3. The number of hydrogen-bond acceptors (Lipinski definition) is 2. The van der Waals surface area contributed by atoms with E-state index in [0.717, 1.165) is 35.9 Å². The van der Waals surface area contributed by atoms with Crippen molar-refractivity contribution in [2.75, 3.05) is 24.5 Å². The summed E-state index contributed by atoms with van der Waals surface area (Å²) in [5.74, 6) is 0.137. The van der Waals surface area contributed by atoms with Crippen molar-refractivity contribution in [1.29, 1.82) is 0 Å². The lowest BCUT2D eigenvalue weighted by atomic mass is 9.97. The third-order valence-electron chi connectivity index (χ3n) is 4.23. The van der Waals surface area contributed by atoms with Crippen LogP contribution >= 0.6 is 11.6 Å². The molecule has 2 heterocycles. The van der Waals surface area contributed by atoms with Gasteiger partial charge in [-0.1, -0.05) is 11.6 Å². The van der Waals surface area contributed by atoms with Crippen LogP contribution in [0.5, 0.6) is 0 Å². The highest BCUT2D eigenvalue weighted by molar-refractivity contribution is 6.31. The summed E-state index contributed by atoms with van der Waals surface area (Å²) < 4.78 is 0. The van der Waals surface area contributed by atoms with Crippen LogP contribution in [0.15, 0.2) is 24.4 Å². The molecule has 1 fully saturated rings. The van der Waals surface area contributed by atoms with Crippen molar-refractivity contribution in [3.8, 4) is 0 Å². The summed E-state index contributed by atoms with van der Waals surface area (Å²) in [5, 5.41) is 1.90. The number of benzene rings is 1. The molecule has 0 unspecified atom stereocenters. The number of carbonyl (C=O) groups excluding carboxylic acids is 1. The third kappa shape index (κ3) is 2.48. The molecule has 1 aliphatic rings. The molecule has 112 valence electrons. The normalized spacial score (nSPS) is 18.3. The molecule has 0 atom stereocenters. The first-order chi connectivity index (χ1) is 9.88. The summed E-state index contributed by atoms with van der Waals surface area (Å²) in [4.78, 5) is 19.2. The number of piperazine rings is 1. The minimum absolute atomic E-state index is 0.137. The van der Waals surface area contributed by atoms with Crippen LogP contribution in [0.25, 0.3) is 10.9 Å². The molecule has 0 radical (unpaired) electrons. The zero-order valence-corrected chi connectivity index (χ0v) is 13.4. The minimum atomic E-state index is -0.185. The number of anilines is 1. The Morgan fingerprint density at radius 3 is 2.76 bits per heavy atom. The van der Waals surface area contributed by atoms with Crippen LogP contribution in [0, 0.1) is 0 Å². The fraction of sp³-hybridized carbons (Fsp3) is 0.438. The minimum Gasteiger partial charge on any atom is -0.367 e. The van der Waals surface area contributed by atoms with E-state index in [4.69, 9.17) is 11.6 Å². The van der Waals surface area contributed by atoms with E-state index in [9.17, 15) is 4.79 Å². The number of rotatable bonds is 1. The van der Waals surface area contributed by atoms with Gasteiger partial charge in [0.25, 0.3) is 0 Å². The Morgan fingerprint density at radius 2 is 2.10 bits per heavy atom. The highest BCUT2D eigenvalue weighted by atomic mass is 35.5. The monoisotopic (exact) mass is 305 g/mol. The number of halogens is 1. The molecule has 0 aliphatic carbocycles. The molecule has 4 nitrogen and oxygen atoms in total. The van der Waals surface area contributed by atoms with Crippen molar-refractivity contribution in [2.45, 2.75) is 26.3 Å². The molecule has 1 amide bonds. The zero-order chi connectivity index (χ0) is 15.2. The van der Waals surface area contributed by atoms with Crippen molar-refractivity contribution >= 4 is 34.1 Å². The van der Waals surface area contributed by atoms with Crippen LogP contribution in [0.2, 0.25) is 5.02 Å². The summed E-state index contributed by atoms with van der Waals surface area (Å²) in [6.07, 6.45) is 1.93. The predicted molar refractivity (Wildman–Crippen MR) is 87.0 cm³/mol. The number of amides is 1. The fourth-order valence-electron chi connectivity index (χ4n) is 3.32. The first-order valence-corrected chi connectivity index (χ1v) is 7.56. The number of fused-ring (bicyclic) bond motifs is 1. The predicted octanol–water partition coefficient (Wildman–Crippen LogP) is 3.27. The van der Waals surface area contributed by atoms with Crippen molar-refractivity contribution < 1.29 is 4.79 Å². The van der Waals surface area contributed by atoms with Crippen LogP contribution in [0.3, 0.4) is 0 Å². The zero-order valence-electron chi connectivity index (χ0n) is 12.6. The largest absolute Gasteiger partial charge is 0.367 e. The van der Waals surface area contributed by atoms with Gasteiger partial charge in [0.2, 0.25) is 5.91 Å². The van der Waals surface area contributed by atoms with E-state index in [0.29, 0.717) is 0 Å². The molecule has 1 saturated heterocycles. The Balaban J connectivity index is 1.97. The van der Waals surface area contributed by atoms with Crippen molar-refractivity contribution in [2.24, 2.45) is 0 Å². The quantitative estimate of drug-likeness (QED) is 0.878. The molecule has 0 spiro atoms. The standard InChI is InChI=1S/C16H20ClN3O/c1-11(21)20-7-6-19(10-16(20,2)3)15-9-12(17)8-14-13(15)4-5-18-14/h4-5,8-9,18H,6-7,10H2,1-3H3. The molecule has 1 aromatic carbocycles. The van der Waals surface area contributed by atoms with Gasteiger partial charge in [0.05, 0.1) is 5.54 Å². The van der Waals surface area contributed by atoms with E-state index >= 15 is 0 Å². The highest BCUT2D eigenvalue weighted by Gasteiger charge is 2.35. The smallest absolute Gasteiger partial charge is 0.220 e. The first-order valence-electron chi connectivity index (χ1n) is 7.18. The van der Waals surface area contributed by atoms with Crippen LogP contribution in [-0.4, -0.2) is 41.0 Å². The van der Waals surface area contributed by atoms with Crippen molar-refractivity contribution in [3.63, 3.8) is 0 Å². The van der Waals surface area contributed by atoms with Crippen molar-refractivity contribution in [3.05, 3.63) is 29.4 Å². The van der Waals surface area contributed by atoms with Gasteiger partial charge in [-0.3, -0.25) is 4.79 Å². The lowest BCUT2D eigenvalue weighted by Gasteiger charge is -2.47. The van der Waals surface area contributed by atoms with E-state index < -0.39 is 0 Å². The summed E-state index contributed by atoms with van der Waals surface area (Å²) in [7, 11) is 0. The maximum atomic E-state index is 11.8. The molecule has 1 N–H and O–H groups in total. The Kier molecular flexibility index (Phi) is 3.36. The molecule has 1 aromatic heterocycles. The summed E-state index contributed by atoms with van der Waals surface area (Å²) in [6.45, 7) is 8.22. The molecule has 5 heteroatoms. The van der Waals surface area contributed by atoms with Gasteiger partial charge in [-0.25, -0.2) is 0 Å². The average molecular weight is 306 g/mol. The average Bonchev–Trinajstić information content (AvgIpc) is 2.83. The number of carbonyl (C=O) groups is 1. The molecular formula is C16H20ClN3O. The van der Waals surface area contributed by atoms with Gasteiger partial charge in [-0.05, 0) is 32.0 Å². The van der Waals surface area contributed by atoms with Gasteiger partial charge in [0, 0.05) is 54.4 Å². The number of H-pyrrole nitrogens is 1. The molecule has 1 aliphatic heterocycles. The molecular weight excluding hydrogens is 286 g/mol. The summed E-state index contributed by atoms with van der Waals surface area (Å²) in [5.41, 5.74) is 1.99. The molecule has 3 rings (SSSR count). The van der Waals surface area contributed by atoms with Crippen LogP contribution in [0.4, 0.5) is 5.69 Å². The van der Waals surface area contributed by atoms with E-state index in [2.05, 4.69) is 29.8 Å². The van der Waals surface area contributed by atoms with Gasteiger partial charge >= 0.3 is 0 Å². The van der Waals surface area contributed by atoms with Gasteiger partial charge < -0.3 is 14.8 Å². The van der Waals surface area contributed by atoms with E-state index in [1.807, 2.05) is 23.2 Å². The fourth-order valence-corrected chi connectivity index (χ4v) is 3.53. The Labute approximate surface area is 129 Å². The SMILES string of the molecule is CC(=O)N1CCN(c2cc(Cl)cc3[nH]ccc23)CC1(C)C. The van der Waals surface area contributed by atoms with Gasteiger partial charge in [-0.15, -0.1) is 0 Å². The van der Waals surface area contributed by atoms with Crippen molar-refractivity contribution in [1.82, 2.24) is 9.88 Å². The summed E-state index contributed by atoms with van der Waals surface area (Å²) in [6, 6.07) is 6.03. The number of aromatic nitrogens is 1. The van der Waals surface area contributed by atoms with E-state index in [1.54, 1.807) is 6.92 Å². The van der Waals surface area contributed by atoms with E-state index in [1.165, 1.54) is 5.39 Å². The van der Waals surface area contributed by atoms with Gasteiger partial charge in [0.15, 0.2) is 0 Å². The molecule has 21 heavy (non-hydrogen) atoms. The van der Waals surface area contributed by atoms with Crippen LogP contribution < -0.4 is 4.90 Å². The van der Waals surface area contributed by atoms with Gasteiger partial charge in [-0.2, -0.15) is 0 Å². The second kappa shape index (κ2) is 4.95. The second-order valence-electron chi connectivity index (χ2n) is 6.27. The number of nitrogens with one attached hydrogen (secondary N) is 1. The number of aromatic amines is 1. The lowest BCUT2D eigenvalue weighted by Crippen LogP contribution is -2.60. The molecule has 2 aromatic rings. The van der Waals surface area contributed by atoms with Crippen LogP contribution in [-0.2, 0) is 4.79 Å². The Morgan fingerprint density at radius 1 is 1.33 bits per heavy atom. The number of nitrogens with zero attached hydrogens (tertiary/aromatic N) is 2. The van der Waals surface area contributed by atoms with Crippen LogP contribution in [0.1, 0.15) is 20.8 Å². The van der Waals surface area contributed by atoms with E-state index in [-0.39, 0.29) is 11.4 Å². The third-order valence-corrected chi connectivity index (χ3v) is 4.45.